The molecule has 76 valence electrons. The van der Waals surface area contributed by atoms with Crippen LogP contribution in [0.3, 0.4) is 0 Å². The number of nitrogens with zero attached hydrogens (tertiary/aromatic N) is 3. The lowest BCUT2D eigenvalue weighted by Gasteiger charge is -2.02. The fourth-order valence-electron chi connectivity index (χ4n) is 0.923. The summed E-state index contributed by atoms with van der Waals surface area (Å²) in [5.74, 6) is -0.860. The third kappa shape index (κ3) is 1.43. The molecule has 1 aromatic rings. The molecule has 0 N–H and O–H groups in total. The van der Waals surface area contributed by atoms with E-state index in [4.69, 9.17) is 0 Å². The fourth-order valence-corrected chi connectivity index (χ4v) is 0.923. The van der Waals surface area contributed by atoms with Crippen LogP contribution in [-0.2, 0) is 18.8 Å². The highest BCUT2D eigenvalue weighted by atomic mass is 16.5. The molecule has 0 atom stereocenters. The van der Waals surface area contributed by atoms with E-state index in [1.54, 1.807) is 0 Å². The maximum Gasteiger partial charge on any atom is 0.364 e. The van der Waals surface area contributed by atoms with Gasteiger partial charge in [0.1, 0.15) is 0 Å². The van der Waals surface area contributed by atoms with Crippen LogP contribution >= 0.6 is 0 Å². The van der Waals surface area contributed by atoms with E-state index in [1.165, 1.54) is 14.1 Å². The molecule has 0 saturated heterocycles. The lowest BCUT2D eigenvalue weighted by atomic mass is 10.4. The van der Waals surface area contributed by atoms with Gasteiger partial charge in [-0.1, -0.05) is 0 Å². The van der Waals surface area contributed by atoms with Crippen LogP contribution in [0.2, 0.25) is 0 Å². The highest BCUT2D eigenvalue weighted by molar-refractivity contribution is 5.86. The number of carbonyl (C=O) groups excluding carboxylic acids is 1. The summed E-state index contributed by atoms with van der Waals surface area (Å²) in [5, 5.41) is 3.50. The zero-order valence-corrected chi connectivity index (χ0v) is 7.97. The summed E-state index contributed by atoms with van der Waals surface area (Å²) in [6.45, 7) is 0. The first-order chi connectivity index (χ1) is 6.49. The first-order valence-electron chi connectivity index (χ1n) is 3.71. The van der Waals surface area contributed by atoms with Crippen LogP contribution < -0.4 is 11.2 Å². The third-order valence-electron chi connectivity index (χ3n) is 1.70. The molecule has 14 heavy (non-hydrogen) atoms. The quantitative estimate of drug-likeness (QED) is 0.501. The van der Waals surface area contributed by atoms with E-state index >= 15 is 0 Å². The summed E-state index contributed by atoms with van der Waals surface area (Å²) in [6.07, 6.45) is 0. The molecule has 0 aliphatic rings. The van der Waals surface area contributed by atoms with Crippen LogP contribution in [-0.4, -0.2) is 27.4 Å². The molecule has 0 bridgehead atoms. The second-order valence-corrected chi connectivity index (χ2v) is 2.61. The summed E-state index contributed by atoms with van der Waals surface area (Å²) < 4.78 is 6.02. The van der Waals surface area contributed by atoms with E-state index in [2.05, 4.69) is 9.84 Å². The molecular weight excluding hydrogens is 190 g/mol. The smallest absolute Gasteiger partial charge is 0.364 e. The second-order valence-electron chi connectivity index (χ2n) is 2.61. The van der Waals surface area contributed by atoms with Gasteiger partial charge in [-0.15, -0.1) is 0 Å². The van der Waals surface area contributed by atoms with Crippen molar-refractivity contribution in [3.63, 3.8) is 0 Å². The molecule has 0 amide bonds. The van der Waals surface area contributed by atoms with Crippen molar-refractivity contribution in [3.05, 3.63) is 26.5 Å². The Morgan fingerprint density at radius 1 is 1.36 bits per heavy atom. The van der Waals surface area contributed by atoms with E-state index in [1.807, 2.05) is 0 Å². The molecule has 0 aromatic carbocycles. The van der Waals surface area contributed by atoms with E-state index < -0.39 is 22.9 Å². The van der Waals surface area contributed by atoms with E-state index in [0.717, 1.165) is 16.4 Å². The van der Waals surface area contributed by atoms with Crippen LogP contribution in [0.15, 0.2) is 9.59 Å². The van der Waals surface area contributed by atoms with E-state index in [9.17, 15) is 14.4 Å². The topological polar surface area (TPSA) is 83.2 Å². The SMILES string of the molecule is COC(=O)c1nn(C)c(=O)n(C)c1=O. The van der Waals surface area contributed by atoms with Crippen molar-refractivity contribution < 1.29 is 9.53 Å². The lowest BCUT2D eigenvalue weighted by molar-refractivity contribution is 0.0587. The largest absolute Gasteiger partial charge is 0.464 e. The van der Waals surface area contributed by atoms with Crippen molar-refractivity contribution in [1.82, 2.24) is 14.3 Å². The van der Waals surface area contributed by atoms with Gasteiger partial charge >= 0.3 is 11.7 Å². The molecule has 0 unspecified atom stereocenters. The standard InChI is InChI=1S/C7H9N3O4/c1-9-5(11)4(6(12)14-3)8-10(2)7(9)13/h1-3H3. The molecular formula is C7H9N3O4. The van der Waals surface area contributed by atoms with Crippen molar-refractivity contribution in [2.24, 2.45) is 14.1 Å². The van der Waals surface area contributed by atoms with Crippen molar-refractivity contribution in [3.8, 4) is 0 Å². The Bertz CT molecular complexity index is 485. The molecule has 0 fully saturated rings. The zero-order valence-electron chi connectivity index (χ0n) is 7.97. The van der Waals surface area contributed by atoms with E-state index in [-0.39, 0.29) is 0 Å². The Morgan fingerprint density at radius 3 is 2.43 bits per heavy atom. The fraction of sp³-hybridized carbons (Fsp3) is 0.429. The zero-order chi connectivity index (χ0) is 10.9. The van der Waals surface area contributed by atoms with Gasteiger partial charge in [-0.05, 0) is 0 Å². The van der Waals surface area contributed by atoms with Gasteiger partial charge in [0.2, 0.25) is 5.69 Å². The predicted molar refractivity (Wildman–Crippen MR) is 46.1 cm³/mol. The number of methoxy groups -OCH3 is 1. The molecule has 0 saturated carbocycles. The van der Waals surface area contributed by atoms with Gasteiger partial charge in [-0.2, -0.15) is 5.10 Å². The average Bonchev–Trinajstić information content (AvgIpc) is 2.19. The maximum atomic E-state index is 11.3. The lowest BCUT2D eigenvalue weighted by Crippen LogP contribution is -2.42. The van der Waals surface area contributed by atoms with E-state index in [0.29, 0.717) is 0 Å². The number of carbonyl (C=O) groups is 1. The molecule has 0 aliphatic carbocycles. The van der Waals surface area contributed by atoms with Crippen LogP contribution in [0.4, 0.5) is 0 Å². The Hall–Kier alpha value is -1.92. The summed E-state index contributed by atoms with van der Waals surface area (Å²) in [4.78, 5) is 33.5. The summed E-state index contributed by atoms with van der Waals surface area (Å²) in [6, 6.07) is 0. The van der Waals surface area contributed by atoms with Gasteiger partial charge in [-0.25, -0.2) is 14.3 Å². The van der Waals surface area contributed by atoms with Gasteiger partial charge in [0.05, 0.1) is 7.11 Å². The highest BCUT2D eigenvalue weighted by Gasteiger charge is 2.16. The minimum Gasteiger partial charge on any atom is -0.464 e. The van der Waals surface area contributed by atoms with Crippen LogP contribution in [0, 0.1) is 0 Å². The molecule has 0 radical (unpaired) electrons. The first kappa shape index (κ1) is 10.2. The second kappa shape index (κ2) is 3.44. The normalized spacial score (nSPS) is 9.93. The molecule has 1 heterocycles. The summed E-state index contributed by atoms with van der Waals surface area (Å²) in [7, 11) is 3.74. The van der Waals surface area contributed by atoms with Crippen molar-refractivity contribution in [2.75, 3.05) is 7.11 Å². The van der Waals surface area contributed by atoms with Gasteiger partial charge in [-0.3, -0.25) is 9.36 Å². The number of rotatable bonds is 1. The number of ether oxygens (including phenoxy) is 1. The number of hydrogen-bond donors (Lipinski definition) is 0. The summed E-state index contributed by atoms with van der Waals surface area (Å²) >= 11 is 0. The number of esters is 1. The monoisotopic (exact) mass is 199 g/mol. The maximum absolute atomic E-state index is 11.3. The highest BCUT2D eigenvalue weighted by Crippen LogP contribution is 1.85. The Kier molecular flexibility index (Phi) is 2.50. The number of aromatic nitrogens is 3. The molecule has 7 heteroatoms. The minimum absolute atomic E-state index is 0.405. The third-order valence-corrected chi connectivity index (χ3v) is 1.70. The predicted octanol–water partition coefficient (Wildman–Crippen LogP) is -1.73. The molecule has 7 nitrogen and oxygen atoms in total. The Balaban J connectivity index is 3.57. The molecule has 0 aliphatic heterocycles. The first-order valence-corrected chi connectivity index (χ1v) is 3.71. The minimum atomic E-state index is -0.860. The van der Waals surface area contributed by atoms with Gasteiger partial charge in [0, 0.05) is 14.1 Å². The van der Waals surface area contributed by atoms with Gasteiger partial charge in [0.15, 0.2) is 0 Å². The molecule has 0 spiro atoms. The van der Waals surface area contributed by atoms with Crippen molar-refractivity contribution >= 4 is 5.97 Å². The Labute approximate surface area is 78.5 Å². The van der Waals surface area contributed by atoms with Crippen molar-refractivity contribution in [1.29, 1.82) is 0 Å². The van der Waals surface area contributed by atoms with Crippen molar-refractivity contribution in [2.45, 2.75) is 0 Å². The molecule has 1 aromatic heterocycles. The number of aryl methyl sites for hydroxylation is 1. The molecule has 1 rings (SSSR count). The Morgan fingerprint density at radius 2 is 1.93 bits per heavy atom. The summed E-state index contributed by atoms with van der Waals surface area (Å²) in [5.41, 5.74) is -1.76. The van der Waals surface area contributed by atoms with Gasteiger partial charge in [0.25, 0.3) is 5.56 Å². The van der Waals surface area contributed by atoms with Crippen LogP contribution in [0.25, 0.3) is 0 Å². The average molecular weight is 199 g/mol. The number of hydrogen-bond acceptors (Lipinski definition) is 5. The van der Waals surface area contributed by atoms with Crippen LogP contribution in [0.5, 0.6) is 0 Å². The van der Waals surface area contributed by atoms with Gasteiger partial charge < -0.3 is 4.74 Å². The van der Waals surface area contributed by atoms with Crippen LogP contribution in [0.1, 0.15) is 10.5 Å².